The largest absolute Gasteiger partial charge is 0.354 e. The fraction of sp³-hybridized carbons (Fsp3) is 0.438. The van der Waals surface area contributed by atoms with Gasteiger partial charge in [-0.05, 0) is 37.6 Å². The van der Waals surface area contributed by atoms with Crippen LogP contribution in [0.5, 0.6) is 0 Å². The molecule has 0 spiro atoms. The lowest BCUT2D eigenvalue weighted by Gasteiger charge is -2.11. The molecule has 22 heavy (non-hydrogen) atoms. The summed E-state index contributed by atoms with van der Waals surface area (Å²) in [5.41, 5.74) is 0.888. The van der Waals surface area contributed by atoms with Crippen LogP contribution >= 0.6 is 15.9 Å². The first-order valence-electron chi connectivity index (χ1n) is 7.46. The summed E-state index contributed by atoms with van der Waals surface area (Å²) in [6.07, 6.45) is 2.85. The second-order valence-electron chi connectivity index (χ2n) is 5.28. The molecule has 5 nitrogen and oxygen atoms in total. The number of hydrogen-bond acceptors (Lipinski definition) is 4. The summed E-state index contributed by atoms with van der Waals surface area (Å²) in [5, 5.41) is 6.91. The van der Waals surface area contributed by atoms with Crippen molar-refractivity contribution in [2.45, 2.75) is 45.6 Å². The van der Waals surface area contributed by atoms with Gasteiger partial charge in [-0.2, -0.15) is 4.98 Å². The minimum atomic E-state index is 0.0179. The highest BCUT2D eigenvalue weighted by Gasteiger charge is 2.12. The summed E-state index contributed by atoms with van der Waals surface area (Å²) < 4.78 is 6.20. The summed E-state index contributed by atoms with van der Waals surface area (Å²) in [6.45, 7) is 4.12. The van der Waals surface area contributed by atoms with Crippen molar-refractivity contribution in [3.63, 3.8) is 0 Å². The van der Waals surface area contributed by atoms with Crippen molar-refractivity contribution in [3.05, 3.63) is 34.6 Å². The Bertz CT molecular complexity index is 610. The van der Waals surface area contributed by atoms with Crippen LogP contribution in [-0.4, -0.2) is 22.1 Å². The van der Waals surface area contributed by atoms with Crippen molar-refractivity contribution in [2.24, 2.45) is 0 Å². The Hall–Kier alpha value is -1.69. The van der Waals surface area contributed by atoms with Crippen LogP contribution in [0.4, 0.5) is 0 Å². The third kappa shape index (κ3) is 4.94. The van der Waals surface area contributed by atoms with Gasteiger partial charge in [-0.25, -0.2) is 0 Å². The van der Waals surface area contributed by atoms with Crippen LogP contribution in [0.3, 0.4) is 0 Å². The lowest BCUT2D eigenvalue weighted by atomic mass is 10.2. The van der Waals surface area contributed by atoms with Gasteiger partial charge < -0.3 is 9.84 Å². The quantitative estimate of drug-likeness (QED) is 0.811. The molecule has 0 fully saturated rings. The van der Waals surface area contributed by atoms with E-state index in [2.05, 4.69) is 38.3 Å². The topological polar surface area (TPSA) is 68.0 Å². The zero-order chi connectivity index (χ0) is 15.9. The molecular formula is C16H20BrN3O2. The molecule has 1 unspecified atom stereocenters. The van der Waals surface area contributed by atoms with E-state index >= 15 is 0 Å². The highest BCUT2D eigenvalue weighted by Crippen LogP contribution is 2.19. The van der Waals surface area contributed by atoms with E-state index < -0.39 is 0 Å². The SMILES string of the molecule is CCCC(C)NC(=O)CCc1nc(-c2ccc(Br)cc2)no1. The second-order valence-corrected chi connectivity index (χ2v) is 6.19. The van der Waals surface area contributed by atoms with Gasteiger partial charge in [-0.3, -0.25) is 4.79 Å². The van der Waals surface area contributed by atoms with E-state index in [1.54, 1.807) is 0 Å². The molecule has 1 heterocycles. The van der Waals surface area contributed by atoms with Gasteiger partial charge in [0.2, 0.25) is 17.6 Å². The zero-order valence-electron chi connectivity index (χ0n) is 12.8. The van der Waals surface area contributed by atoms with Crippen molar-refractivity contribution >= 4 is 21.8 Å². The van der Waals surface area contributed by atoms with Gasteiger partial charge in [0.25, 0.3) is 0 Å². The van der Waals surface area contributed by atoms with Crippen LogP contribution in [-0.2, 0) is 11.2 Å². The molecule has 1 atom stereocenters. The molecule has 0 saturated carbocycles. The highest BCUT2D eigenvalue weighted by atomic mass is 79.9. The Morgan fingerprint density at radius 3 is 2.77 bits per heavy atom. The summed E-state index contributed by atoms with van der Waals surface area (Å²) in [4.78, 5) is 16.1. The normalized spacial score (nSPS) is 12.1. The second kappa shape index (κ2) is 8.08. The Morgan fingerprint density at radius 2 is 2.09 bits per heavy atom. The average Bonchev–Trinajstić information content (AvgIpc) is 2.95. The van der Waals surface area contributed by atoms with Crippen molar-refractivity contribution < 1.29 is 9.32 Å². The van der Waals surface area contributed by atoms with Gasteiger partial charge >= 0.3 is 0 Å². The standard InChI is InChI=1S/C16H20BrN3O2/c1-3-4-11(2)18-14(21)9-10-15-19-16(20-22-15)12-5-7-13(17)8-6-12/h5-8,11H,3-4,9-10H2,1-2H3,(H,18,21). The molecule has 0 bridgehead atoms. The van der Waals surface area contributed by atoms with Crippen molar-refractivity contribution in [1.29, 1.82) is 0 Å². The van der Waals surface area contributed by atoms with Crippen LogP contribution in [0.25, 0.3) is 11.4 Å². The third-order valence-electron chi connectivity index (χ3n) is 3.27. The number of hydrogen-bond donors (Lipinski definition) is 1. The molecule has 0 aliphatic heterocycles. The van der Waals surface area contributed by atoms with Gasteiger partial charge in [0.1, 0.15) is 0 Å². The fourth-order valence-electron chi connectivity index (χ4n) is 2.15. The van der Waals surface area contributed by atoms with Crippen LogP contribution in [0.15, 0.2) is 33.3 Å². The first-order valence-corrected chi connectivity index (χ1v) is 8.25. The van der Waals surface area contributed by atoms with Gasteiger partial charge in [-0.15, -0.1) is 0 Å². The maximum absolute atomic E-state index is 11.8. The Morgan fingerprint density at radius 1 is 1.36 bits per heavy atom. The van der Waals surface area contributed by atoms with E-state index in [-0.39, 0.29) is 11.9 Å². The van der Waals surface area contributed by atoms with Gasteiger partial charge in [0.15, 0.2) is 0 Å². The number of aryl methyl sites for hydroxylation is 1. The molecule has 1 amide bonds. The highest BCUT2D eigenvalue weighted by molar-refractivity contribution is 9.10. The summed E-state index contributed by atoms with van der Waals surface area (Å²) >= 11 is 3.39. The number of benzene rings is 1. The molecule has 2 rings (SSSR count). The smallest absolute Gasteiger partial charge is 0.227 e. The van der Waals surface area contributed by atoms with E-state index in [0.29, 0.717) is 24.6 Å². The average molecular weight is 366 g/mol. The van der Waals surface area contributed by atoms with E-state index in [0.717, 1.165) is 22.9 Å². The Kier molecular flexibility index (Phi) is 6.12. The maximum Gasteiger partial charge on any atom is 0.227 e. The van der Waals surface area contributed by atoms with Crippen molar-refractivity contribution in [3.8, 4) is 11.4 Å². The lowest BCUT2D eigenvalue weighted by molar-refractivity contribution is -0.121. The number of carbonyl (C=O) groups is 1. The van der Waals surface area contributed by atoms with Crippen LogP contribution in [0.2, 0.25) is 0 Å². The molecule has 1 N–H and O–H groups in total. The third-order valence-corrected chi connectivity index (χ3v) is 3.79. The molecule has 118 valence electrons. The van der Waals surface area contributed by atoms with Crippen LogP contribution in [0.1, 0.15) is 39.0 Å². The monoisotopic (exact) mass is 365 g/mol. The molecule has 0 aliphatic rings. The minimum absolute atomic E-state index is 0.0179. The van der Waals surface area contributed by atoms with Gasteiger partial charge in [0, 0.05) is 28.9 Å². The molecular weight excluding hydrogens is 346 g/mol. The number of nitrogens with zero attached hydrogens (tertiary/aromatic N) is 2. The molecule has 6 heteroatoms. The predicted octanol–water partition coefficient (Wildman–Crippen LogP) is 3.74. The number of halogens is 1. The summed E-state index contributed by atoms with van der Waals surface area (Å²) in [7, 11) is 0. The minimum Gasteiger partial charge on any atom is -0.354 e. The number of amides is 1. The van der Waals surface area contributed by atoms with Gasteiger partial charge in [-0.1, -0.05) is 34.4 Å². The zero-order valence-corrected chi connectivity index (χ0v) is 14.4. The number of nitrogens with one attached hydrogen (secondary N) is 1. The molecule has 1 aromatic heterocycles. The number of rotatable bonds is 7. The lowest BCUT2D eigenvalue weighted by Crippen LogP contribution is -2.32. The van der Waals surface area contributed by atoms with Crippen molar-refractivity contribution in [1.82, 2.24) is 15.5 Å². The molecule has 1 aromatic carbocycles. The summed E-state index contributed by atoms with van der Waals surface area (Å²) in [5.74, 6) is 1.04. The molecule has 0 saturated heterocycles. The van der Waals surface area contributed by atoms with E-state index in [1.165, 1.54) is 0 Å². The van der Waals surface area contributed by atoms with E-state index in [1.807, 2.05) is 31.2 Å². The van der Waals surface area contributed by atoms with E-state index in [9.17, 15) is 4.79 Å². The van der Waals surface area contributed by atoms with Crippen LogP contribution in [0, 0.1) is 0 Å². The number of aromatic nitrogens is 2. The Balaban J connectivity index is 1.87. The first-order chi connectivity index (χ1) is 10.6. The molecule has 0 radical (unpaired) electrons. The van der Waals surface area contributed by atoms with Crippen LogP contribution < -0.4 is 5.32 Å². The maximum atomic E-state index is 11.8. The summed E-state index contributed by atoms with van der Waals surface area (Å²) in [6, 6.07) is 7.89. The number of carbonyl (C=O) groups excluding carboxylic acids is 1. The first kappa shape index (κ1) is 16.7. The van der Waals surface area contributed by atoms with Crippen molar-refractivity contribution in [2.75, 3.05) is 0 Å². The van der Waals surface area contributed by atoms with E-state index in [4.69, 9.17) is 4.52 Å². The van der Waals surface area contributed by atoms with Gasteiger partial charge in [0.05, 0.1) is 0 Å². The Labute approximate surface area is 138 Å². The molecule has 2 aromatic rings. The molecule has 0 aliphatic carbocycles. The predicted molar refractivity (Wildman–Crippen MR) is 88.3 cm³/mol. The fourth-order valence-corrected chi connectivity index (χ4v) is 2.41.